The van der Waals surface area contributed by atoms with E-state index in [2.05, 4.69) is 139 Å². The van der Waals surface area contributed by atoms with Crippen molar-refractivity contribution in [3.8, 4) is 33.4 Å². The van der Waals surface area contributed by atoms with Gasteiger partial charge in [-0.05, 0) is 100 Å². The summed E-state index contributed by atoms with van der Waals surface area (Å²) >= 11 is 0. The molecule has 0 radical (unpaired) electrons. The summed E-state index contributed by atoms with van der Waals surface area (Å²) in [6.07, 6.45) is 0. The molecule has 0 heterocycles. The Morgan fingerprint density at radius 1 is 0.341 bits per heavy atom. The Morgan fingerprint density at radius 3 is 1.15 bits per heavy atom. The summed E-state index contributed by atoms with van der Waals surface area (Å²) in [5.74, 6) is 0. The van der Waals surface area contributed by atoms with Crippen molar-refractivity contribution < 1.29 is 0 Å². The smallest absolute Gasteiger partial charge is 0.0159 e. The van der Waals surface area contributed by atoms with E-state index in [9.17, 15) is 0 Å². The van der Waals surface area contributed by atoms with Crippen molar-refractivity contribution in [3.05, 3.63) is 130 Å². The van der Waals surface area contributed by atoms with E-state index in [0.717, 1.165) is 0 Å². The van der Waals surface area contributed by atoms with Gasteiger partial charge in [-0.25, -0.2) is 0 Å². The van der Waals surface area contributed by atoms with Gasteiger partial charge in [-0.3, -0.25) is 0 Å². The van der Waals surface area contributed by atoms with Crippen molar-refractivity contribution in [3.63, 3.8) is 0 Å². The van der Waals surface area contributed by atoms with Crippen LogP contribution in [-0.4, -0.2) is 0 Å². The Hall–Kier alpha value is -4.16. The van der Waals surface area contributed by atoms with Crippen LogP contribution >= 0.6 is 0 Å². The van der Waals surface area contributed by atoms with Gasteiger partial charge in [-0.1, -0.05) is 126 Å². The fraction of sp³-hybridized carbons (Fsp3) is 0.220. The van der Waals surface area contributed by atoms with Crippen LogP contribution in [0.3, 0.4) is 0 Å². The molecule has 0 heteroatoms. The number of hydrogen-bond donors (Lipinski definition) is 0. The topological polar surface area (TPSA) is 0 Å². The zero-order chi connectivity index (χ0) is 28.1. The molecule has 0 saturated carbocycles. The number of rotatable bonds is 0. The molecule has 3 aliphatic rings. The van der Waals surface area contributed by atoms with Gasteiger partial charge in [0.1, 0.15) is 0 Å². The molecule has 198 valence electrons. The summed E-state index contributed by atoms with van der Waals surface area (Å²) < 4.78 is 0. The summed E-state index contributed by atoms with van der Waals surface area (Å²) in [5, 5.41) is 5.37. The average Bonchev–Trinajstić information content (AvgIpc) is 3.44. The molecular formula is C41H34. The first-order chi connectivity index (χ1) is 19.6. The summed E-state index contributed by atoms with van der Waals surface area (Å²) in [5.41, 5.74) is 17.1. The van der Waals surface area contributed by atoms with Crippen LogP contribution in [-0.2, 0) is 16.2 Å². The van der Waals surface area contributed by atoms with Crippen LogP contribution in [0.5, 0.6) is 0 Å². The molecular weight excluding hydrogens is 492 g/mol. The summed E-state index contributed by atoms with van der Waals surface area (Å²) in [7, 11) is 0. The van der Waals surface area contributed by atoms with Gasteiger partial charge < -0.3 is 0 Å². The average molecular weight is 527 g/mol. The maximum absolute atomic E-state index is 2.57. The molecule has 0 nitrogen and oxygen atoms in total. The highest BCUT2D eigenvalue weighted by Crippen LogP contribution is 2.60. The molecule has 0 atom stereocenters. The fourth-order valence-electron chi connectivity index (χ4n) is 8.73. The fourth-order valence-corrected chi connectivity index (χ4v) is 8.73. The van der Waals surface area contributed by atoms with Crippen LogP contribution in [0, 0.1) is 0 Å². The van der Waals surface area contributed by atoms with Crippen molar-refractivity contribution in [2.75, 3.05) is 0 Å². The maximum atomic E-state index is 2.57. The van der Waals surface area contributed by atoms with E-state index in [1.165, 1.54) is 88.3 Å². The molecule has 0 saturated heterocycles. The zero-order valence-electron chi connectivity index (χ0n) is 24.7. The molecule has 0 aliphatic heterocycles. The second-order valence-corrected chi connectivity index (χ2v) is 14.2. The number of hydrogen-bond acceptors (Lipinski definition) is 0. The molecule has 0 spiro atoms. The van der Waals surface area contributed by atoms with Gasteiger partial charge in [0.05, 0.1) is 0 Å². The Morgan fingerprint density at radius 2 is 0.707 bits per heavy atom. The van der Waals surface area contributed by atoms with Crippen molar-refractivity contribution in [1.29, 1.82) is 0 Å². The lowest BCUT2D eigenvalue weighted by Crippen LogP contribution is -2.20. The van der Waals surface area contributed by atoms with Crippen molar-refractivity contribution >= 4 is 21.5 Å². The maximum Gasteiger partial charge on any atom is 0.0159 e. The SMILES string of the molecule is CC1(C)c2cc3c(cc2-c2cc4c(cc21)C(C)(C)c1ccc2ccccc2c1-4)-c1c(ccc2ccccc12)C3(C)C. The van der Waals surface area contributed by atoms with Gasteiger partial charge in [0.25, 0.3) is 0 Å². The van der Waals surface area contributed by atoms with Crippen LogP contribution in [0.2, 0.25) is 0 Å². The number of benzene rings is 6. The third kappa shape index (κ3) is 2.68. The second kappa shape index (κ2) is 7.18. The molecule has 6 aromatic rings. The Bertz CT molecular complexity index is 2010. The van der Waals surface area contributed by atoms with Gasteiger partial charge in [0.2, 0.25) is 0 Å². The van der Waals surface area contributed by atoms with E-state index in [1.807, 2.05) is 0 Å². The van der Waals surface area contributed by atoms with E-state index in [0.29, 0.717) is 0 Å². The van der Waals surface area contributed by atoms with Crippen molar-refractivity contribution in [2.45, 2.75) is 57.8 Å². The minimum Gasteiger partial charge on any atom is -0.0616 e. The first kappa shape index (κ1) is 23.5. The molecule has 0 N–H and O–H groups in total. The molecule has 41 heavy (non-hydrogen) atoms. The normalized spacial score (nSPS) is 17.6. The van der Waals surface area contributed by atoms with E-state index in [4.69, 9.17) is 0 Å². The molecule has 0 bridgehead atoms. The molecule has 3 aliphatic carbocycles. The Kier molecular flexibility index (Phi) is 4.12. The molecule has 0 fully saturated rings. The highest BCUT2D eigenvalue weighted by molar-refractivity contribution is 6.06. The van der Waals surface area contributed by atoms with Gasteiger partial charge in [0, 0.05) is 16.2 Å². The van der Waals surface area contributed by atoms with Gasteiger partial charge in [-0.15, -0.1) is 0 Å². The molecule has 9 rings (SSSR count). The van der Waals surface area contributed by atoms with Gasteiger partial charge >= 0.3 is 0 Å². The lowest BCUT2D eigenvalue weighted by molar-refractivity contribution is 0.631. The summed E-state index contributed by atoms with van der Waals surface area (Å²) in [6.45, 7) is 14.5. The summed E-state index contributed by atoms with van der Waals surface area (Å²) in [6, 6.07) is 37.4. The highest BCUT2D eigenvalue weighted by atomic mass is 14.5. The van der Waals surface area contributed by atoms with E-state index in [-0.39, 0.29) is 16.2 Å². The largest absolute Gasteiger partial charge is 0.0616 e. The second-order valence-electron chi connectivity index (χ2n) is 14.2. The van der Waals surface area contributed by atoms with Crippen LogP contribution < -0.4 is 0 Å². The quantitative estimate of drug-likeness (QED) is 0.185. The first-order valence-electron chi connectivity index (χ1n) is 15.0. The van der Waals surface area contributed by atoms with E-state index in [1.54, 1.807) is 0 Å². The van der Waals surface area contributed by atoms with Crippen LogP contribution in [0.4, 0.5) is 0 Å². The Balaban J connectivity index is 1.36. The monoisotopic (exact) mass is 526 g/mol. The van der Waals surface area contributed by atoms with Gasteiger partial charge in [0.15, 0.2) is 0 Å². The first-order valence-corrected chi connectivity index (χ1v) is 15.0. The third-order valence-corrected chi connectivity index (χ3v) is 11.0. The van der Waals surface area contributed by atoms with Crippen LogP contribution in [0.1, 0.15) is 74.9 Å². The molecule has 6 aromatic carbocycles. The van der Waals surface area contributed by atoms with Crippen LogP contribution in [0.25, 0.3) is 54.9 Å². The van der Waals surface area contributed by atoms with E-state index < -0.39 is 0 Å². The lowest BCUT2D eigenvalue weighted by atomic mass is 9.76. The molecule has 0 unspecified atom stereocenters. The predicted octanol–water partition coefficient (Wildman–Crippen LogP) is 10.9. The van der Waals surface area contributed by atoms with Crippen molar-refractivity contribution in [2.24, 2.45) is 0 Å². The highest BCUT2D eigenvalue weighted by Gasteiger charge is 2.45. The minimum atomic E-state index is -0.0609. The van der Waals surface area contributed by atoms with E-state index >= 15 is 0 Å². The lowest BCUT2D eigenvalue weighted by Gasteiger charge is -2.27. The third-order valence-electron chi connectivity index (χ3n) is 11.0. The standard InChI is InChI=1S/C41H34/c1-39(2)31-17-15-23-11-7-9-13-25(23)37(31)29-19-27-28-20-30-36(22-34(28)41(5,6)33(27)21-35(29)39)40(3,4)32-18-16-24-12-8-10-14-26(24)38(30)32/h7-22H,1-6H3. The predicted molar refractivity (Wildman–Crippen MR) is 174 cm³/mol. The molecule has 0 amide bonds. The van der Waals surface area contributed by atoms with Crippen molar-refractivity contribution in [1.82, 2.24) is 0 Å². The minimum absolute atomic E-state index is 0.0316. The Labute approximate surface area is 242 Å². The van der Waals surface area contributed by atoms with Crippen LogP contribution in [0.15, 0.2) is 97.1 Å². The number of fused-ring (bicyclic) bond motifs is 13. The molecule has 0 aromatic heterocycles. The zero-order valence-corrected chi connectivity index (χ0v) is 24.7. The van der Waals surface area contributed by atoms with Gasteiger partial charge in [-0.2, -0.15) is 0 Å². The summed E-state index contributed by atoms with van der Waals surface area (Å²) in [4.78, 5) is 0.